The van der Waals surface area contributed by atoms with Gasteiger partial charge in [0.2, 0.25) is 5.91 Å². The Kier molecular flexibility index (Phi) is 3.36. The average molecular weight is 297 g/mol. The molecule has 1 spiro atoms. The fourth-order valence-electron chi connectivity index (χ4n) is 3.24. The summed E-state index contributed by atoms with van der Waals surface area (Å²) in [7, 11) is 0. The monoisotopic (exact) mass is 296 g/mol. The number of fused-ring (bicyclic) bond motifs is 1. The van der Waals surface area contributed by atoms with E-state index in [1.807, 2.05) is 0 Å². The van der Waals surface area contributed by atoms with Crippen molar-refractivity contribution in [2.75, 3.05) is 10.6 Å². The molecule has 0 atom stereocenters. The molecule has 0 unspecified atom stereocenters. The van der Waals surface area contributed by atoms with Gasteiger partial charge in [-0.25, -0.2) is 4.39 Å². The second kappa shape index (κ2) is 4.92. The van der Waals surface area contributed by atoms with Crippen molar-refractivity contribution >= 4 is 28.9 Å². The second-order valence-corrected chi connectivity index (χ2v) is 6.23. The molecular weight excluding hydrogens is 279 g/mol. The Morgan fingerprint density at radius 2 is 2.05 bits per heavy atom. The summed E-state index contributed by atoms with van der Waals surface area (Å²) in [6.07, 6.45) is 4.80. The van der Waals surface area contributed by atoms with Gasteiger partial charge in [0.05, 0.1) is 16.4 Å². The van der Waals surface area contributed by atoms with Crippen LogP contribution in [0.1, 0.15) is 39.0 Å². The van der Waals surface area contributed by atoms with Crippen LogP contribution in [0.5, 0.6) is 0 Å². The van der Waals surface area contributed by atoms with Crippen molar-refractivity contribution in [1.29, 1.82) is 0 Å². The molecule has 0 bridgehead atoms. The van der Waals surface area contributed by atoms with Crippen LogP contribution in [0.25, 0.3) is 0 Å². The van der Waals surface area contributed by atoms with E-state index in [1.165, 1.54) is 12.1 Å². The molecule has 1 amide bonds. The van der Waals surface area contributed by atoms with Crippen LogP contribution >= 0.6 is 11.6 Å². The molecule has 1 aromatic rings. The number of rotatable bonds is 1. The average Bonchev–Trinajstić information content (AvgIpc) is 2.44. The van der Waals surface area contributed by atoms with Crippen LogP contribution in [0.3, 0.4) is 0 Å². The highest BCUT2D eigenvalue weighted by molar-refractivity contribution is 6.31. The van der Waals surface area contributed by atoms with Crippen molar-refractivity contribution in [2.24, 2.45) is 5.92 Å². The van der Waals surface area contributed by atoms with Crippen molar-refractivity contribution in [3.05, 3.63) is 23.0 Å². The van der Waals surface area contributed by atoms with E-state index in [9.17, 15) is 9.18 Å². The van der Waals surface area contributed by atoms with Crippen LogP contribution in [-0.4, -0.2) is 11.4 Å². The van der Waals surface area contributed by atoms with Crippen molar-refractivity contribution < 1.29 is 9.18 Å². The number of carbonyl (C=O) groups is 1. The van der Waals surface area contributed by atoms with Crippen LogP contribution in [-0.2, 0) is 4.79 Å². The van der Waals surface area contributed by atoms with Crippen LogP contribution in [0.2, 0.25) is 5.02 Å². The molecule has 2 N–H and O–H groups in total. The molecule has 108 valence electrons. The van der Waals surface area contributed by atoms with Crippen molar-refractivity contribution in [3.63, 3.8) is 0 Å². The van der Waals surface area contributed by atoms with Gasteiger partial charge >= 0.3 is 0 Å². The largest absolute Gasteiger partial charge is 0.369 e. The third kappa shape index (κ3) is 2.16. The first-order chi connectivity index (χ1) is 9.54. The molecule has 0 radical (unpaired) electrons. The van der Waals surface area contributed by atoms with Crippen molar-refractivity contribution in [3.8, 4) is 0 Å². The summed E-state index contributed by atoms with van der Waals surface area (Å²) in [5, 5.41) is 6.16. The number of benzene rings is 1. The number of halogens is 2. The lowest BCUT2D eigenvalue weighted by Crippen LogP contribution is -2.54. The van der Waals surface area contributed by atoms with E-state index in [4.69, 9.17) is 11.6 Å². The van der Waals surface area contributed by atoms with Gasteiger partial charge in [0, 0.05) is 6.07 Å². The summed E-state index contributed by atoms with van der Waals surface area (Å²) in [5.74, 6) is 0.201. The van der Waals surface area contributed by atoms with Crippen LogP contribution < -0.4 is 10.6 Å². The van der Waals surface area contributed by atoms with Gasteiger partial charge in [-0.15, -0.1) is 0 Å². The second-order valence-electron chi connectivity index (χ2n) is 5.82. The molecule has 1 aromatic carbocycles. The Balaban J connectivity index is 1.89. The molecule has 1 fully saturated rings. The Labute approximate surface area is 122 Å². The molecular formula is C15H18ClFN2O. The quantitative estimate of drug-likeness (QED) is 0.816. The lowest BCUT2D eigenvalue weighted by atomic mass is 9.74. The lowest BCUT2D eigenvalue weighted by molar-refractivity contribution is -0.121. The number of hydrogen-bond donors (Lipinski definition) is 2. The SMILES string of the molecule is CCC1CCC2(CC1)Nc1cc(F)c(Cl)cc1NC2=O. The standard InChI is InChI=1S/C15H18ClFN2O/c1-2-9-3-5-15(6-4-9)14(20)18-12-7-10(16)11(17)8-13(12)19-15/h7-9,19H,2-6H2,1H3,(H,18,20). The summed E-state index contributed by atoms with van der Waals surface area (Å²) < 4.78 is 13.6. The van der Waals surface area contributed by atoms with Crippen molar-refractivity contribution in [1.82, 2.24) is 0 Å². The Morgan fingerprint density at radius 3 is 2.70 bits per heavy atom. The predicted octanol–water partition coefficient (Wildman–Crippen LogP) is 4.18. The minimum Gasteiger partial charge on any atom is -0.369 e. The Hall–Kier alpha value is -1.29. The first-order valence-corrected chi connectivity index (χ1v) is 7.50. The van der Waals surface area contributed by atoms with Gasteiger partial charge in [-0.05, 0) is 37.7 Å². The zero-order valence-electron chi connectivity index (χ0n) is 11.4. The summed E-state index contributed by atoms with van der Waals surface area (Å²) in [6, 6.07) is 2.83. The molecule has 5 heteroatoms. The highest BCUT2D eigenvalue weighted by Crippen LogP contribution is 2.42. The van der Waals surface area contributed by atoms with Gasteiger partial charge in [-0.2, -0.15) is 0 Å². The van der Waals surface area contributed by atoms with Gasteiger partial charge < -0.3 is 10.6 Å². The summed E-state index contributed by atoms with van der Waals surface area (Å²) in [5.41, 5.74) is 0.602. The number of nitrogens with one attached hydrogen (secondary N) is 2. The van der Waals surface area contributed by atoms with Crippen molar-refractivity contribution in [2.45, 2.75) is 44.6 Å². The zero-order valence-corrected chi connectivity index (χ0v) is 12.2. The molecule has 1 aliphatic heterocycles. The third-order valence-corrected chi connectivity index (χ3v) is 4.94. The molecule has 20 heavy (non-hydrogen) atoms. The molecule has 1 saturated carbocycles. The van der Waals surface area contributed by atoms with Gasteiger partial charge in [0.1, 0.15) is 11.4 Å². The molecule has 3 rings (SSSR count). The van der Waals surface area contributed by atoms with Crippen LogP contribution in [0.15, 0.2) is 12.1 Å². The first-order valence-electron chi connectivity index (χ1n) is 7.13. The maximum Gasteiger partial charge on any atom is 0.250 e. The van der Waals surface area contributed by atoms with E-state index in [2.05, 4.69) is 17.6 Å². The lowest BCUT2D eigenvalue weighted by Gasteiger charge is -2.43. The van der Waals surface area contributed by atoms with Gasteiger partial charge in [-0.3, -0.25) is 4.79 Å². The number of amides is 1. The minimum absolute atomic E-state index is 0.0245. The smallest absolute Gasteiger partial charge is 0.250 e. The first kappa shape index (κ1) is 13.7. The molecule has 0 saturated heterocycles. The molecule has 0 aromatic heterocycles. The summed E-state index contributed by atoms with van der Waals surface area (Å²) >= 11 is 5.75. The molecule has 1 aliphatic carbocycles. The van der Waals surface area contributed by atoms with Gasteiger partial charge in [-0.1, -0.05) is 24.9 Å². The molecule has 2 aliphatic rings. The van der Waals surface area contributed by atoms with E-state index in [0.717, 1.165) is 32.1 Å². The Morgan fingerprint density at radius 1 is 1.35 bits per heavy atom. The summed E-state index contributed by atoms with van der Waals surface area (Å²) in [4.78, 5) is 12.4. The molecule has 1 heterocycles. The van der Waals surface area contributed by atoms with Crippen LogP contribution in [0, 0.1) is 11.7 Å². The predicted molar refractivity (Wildman–Crippen MR) is 78.6 cm³/mol. The van der Waals surface area contributed by atoms with E-state index in [0.29, 0.717) is 17.3 Å². The third-order valence-electron chi connectivity index (χ3n) is 4.65. The topological polar surface area (TPSA) is 41.1 Å². The number of carbonyl (C=O) groups excluding carboxylic acids is 1. The minimum atomic E-state index is -0.584. The fraction of sp³-hybridized carbons (Fsp3) is 0.533. The maximum absolute atomic E-state index is 13.6. The highest BCUT2D eigenvalue weighted by Gasteiger charge is 2.44. The zero-order chi connectivity index (χ0) is 14.3. The fourth-order valence-corrected chi connectivity index (χ4v) is 3.40. The molecule has 3 nitrogen and oxygen atoms in total. The number of anilines is 2. The van der Waals surface area contributed by atoms with E-state index >= 15 is 0 Å². The number of hydrogen-bond acceptors (Lipinski definition) is 2. The highest BCUT2D eigenvalue weighted by atomic mass is 35.5. The van der Waals surface area contributed by atoms with E-state index < -0.39 is 11.4 Å². The van der Waals surface area contributed by atoms with Gasteiger partial charge in [0.25, 0.3) is 0 Å². The van der Waals surface area contributed by atoms with E-state index in [1.54, 1.807) is 0 Å². The van der Waals surface area contributed by atoms with Gasteiger partial charge in [0.15, 0.2) is 0 Å². The summed E-state index contributed by atoms with van der Waals surface area (Å²) in [6.45, 7) is 2.18. The maximum atomic E-state index is 13.6. The van der Waals surface area contributed by atoms with Crippen LogP contribution in [0.4, 0.5) is 15.8 Å². The normalized spacial score (nSPS) is 28.8. The van der Waals surface area contributed by atoms with E-state index in [-0.39, 0.29) is 10.9 Å². The Bertz CT molecular complexity index is 553.